The van der Waals surface area contributed by atoms with E-state index in [0.717, 1.165) is 18.1 Å². The molecule has 0 radical (unpaired) electrons. The number of halogens is 1. The molecular formula is C16H25ClN2. The van der Waals surface area contributed by atoms with Crippen molar-refractivity contribution in [2.45, 2.75) is 32.2 Å². The molecule has 2 atom stereocenters. The first kappa shape index (κ1) is 14.8. The fraction of sp³-hybridized carbons (Fsp3) is 0.625. The van der Waals surface area contributed by atoms with E-state index in [0.29, 0.717) is 12.0 Å². The largest absolute Gasteiger partial charge is 0.319 e. The van der Waals surface area contributed by atoms with Gasteiger partial charge in [0.15, 0.2) is 0 Å². The molecule has 1 aliphatic rings. The van der Waals surface area contributed by atoms with Gasteiger partial charge < -0.3 is 5.32 Å². The fourth-order valence-corrected chi connectivity index (χ4v) is 3.58. The lowest BCUT2D eigenvalue weighted by Gasteiger charge is -2.42. The summed E-state index contributed by atoms with van der Waals surface area (Å²) in [5.74, 6) is 0.658. The maximum atomic E-state index is 6.44. The molecule has 1 saturated heterocycles. The molecule has 0 saturated carbocycles. The first-order valence-corrected chi connectivity index (χ1v) is 7.78. The van der Waals surface area contributed by atoms with Gasteiger partial charge in [0.25, 0.3) is 0 Å². The van der Waals surface area contributed by atoms with Crippen molar-refractivity contribution < 1.29 is 0 Å². The molecule has 0 aliphatic carbocycles. The van der Waals surface area contributed by atoms with E-state index in [1.165, 1.54) is 31.4 Å². The number of hydrogen-bond acceptors (Lipinski definition) is 2. The molecule has 1 N–H and O–H groups in total. The predicted molar refractivity (Wildman–Crippen MR) is 82.7 cm³/mol. The number of nitrogens with one attached hydrogen (secondary N) is 1. The van der Waals surface area contributed by atoms with Gasteiger partial charge in [0.05, 0.1) is 0 Å². The quantitative estimate of drug-likeness (QED) is 0.884. The number of likely N-dealkylation sites (tertiary alicyclic amines) is 1. The first-order chi connectivity index (χ1) is 9.27. The summed E-state index contributed by atoms with van der Waals surface area (Å²) in [6, 6.07) is 8.81. The number of piperidine rings is 1. The van der Waals surface area contributed by atoms with Crippen LogP contribution in [-0.2, 0) is 0 Å². The van der Waals surface area contributed by atoms with Gasteiger partial charge in [-0.25, -0.2) is 0 Å². The van der Waals surface area contributed by atoms with Crippen LogP contribution in [0.3, 0.4) is 0 Å². The third kappa shape index (κ3) is 3.50. The van der Waals surface area contributed by atoms with Crippen LogP contribution in [0.5, 0.6) is 0 Å². The van der Waals surface area contributed by atoms with Crippen LogP contribution >= 0.6 is 11.6 Å². The molecule has 19 heavy (non-hydrogen) atoms. The van der Waals surface area contributed by atoms with Crippen LogP contribution in [-0.4, -0.2) is 31.6 Å². The van der Waals surface area contributed by atoms with E-state index < -0.39 is 0 Å². The molecule has 2 rings (SSSR count). The Bertz CT molecular complexity index is 376. The van der Waals surface area contributed by atoms with Gasteiger partial charge in [0.1, 0.15) is 0 Å². The smallest absolute Gasteiger partial charge is 0.0453 e. The monoisotopic (exact) mass is 280 g/mol. The zero-order valence-corrected chi connectivity index (χ0v) is 12.8. The fourth-order valence-electron chi connectivity index (χ4n) is 3.33. The third-order valence-electron chi connectivity index (χ3n) is 4.06. The summed E-state index contributed by atoms with van der Waals surface area (Å²) in [5.41, 5.74) is 1.30. The van der Waals surface area contributed by atoms with Crippen LogP contribution in [0.15, 0.2) is 24.3 Å². The molecule has 1 fully saturated rings. The van der Waals surface area contributed by atoms with Crippen LogP contribution in [0.25, 0.3) is 0 Å². The lowest BCUT2D eigenvalue weighted by atomic mass is 9.84. The Morgan fingerprint density at radius 2 is 2.16 bits per heavy atom. The first-order valence-electron chi connectivity index (χ1n) is 7.41. The van der Waals surface area contributed by atoms with Crippen LogP contribution in [0.1, 0.15) is 37.8 Å². The molecule has 1 heterocycles. The van der Waals surface area contributed by atoms with Gasteiger partial charge in [-0.15, -0.1) is 0 Å². The van der Waals surface area contributed by atoms with E-state index in [9.17, 15) is 0 Å². The van der Waals surface area contributed by atoms with Crippen molar-refractivity contribution in [2.24, 2.45) is 5.92 Å². The number of hydrogen-bond donors (Lipinski definition) is 1. The molecule has 1 aromatic carbocycles. The summed E-state index contributed by atoms with van der Waals surface area (Å²) in [5, 5.41) is 4.26. The summed E-state index contributed by atoms with van der Waals surface area (Å²) >= 11 is 6.44. The van der Waals surface area contributed by atoms with Gasteiger partial charge in [-0.1, -0.05) is 36.7 Å². The summed E-state index contributed by atoms with van der Waals surface area (Å²) in [6.07, 6.45) is 3.79. The summed E-state index contributed by atoms with van der Waals surface area (Å²) in [4.78, 5) is 2.62. The van der Waals surface area contributed by atoms with Crippen LogP contribution in [0, 0.1) is 5.92 Å². The zero-order valence-electron chi connectivity index (χ0n) is 12.0. The van der Waals surface area contributed by atoms with Crippen molar-refractivity contribution in [3.05, 3.63) is 34.9 Å². The van der Waals surface area contributed by atoms with Crippen molar-refractivity contribution in [1.82, 2.24) is 10.2 Å². The average Bonchev–Trinajstić information content (AvgIpc) is 2.41. The molecule has 0 aromatic heterocycles. The molecule has 1 aliphatic heterocycles. The van der Waals surface area contributed by atoms with Gasteiger partial charge in [0.2, 0.25) is 0 Å². The maximum absolute atomic E-state index is 6.44. The summed E-state index contributed by atoms with van der Waals surface area (Å²) < 4.78 is 0. The Morgan fingerprint density at radius 3 is 2.84 bits per heavy atom. The molecule has 2 unspecified atom stereocenters. The maximum Gasteiger partial charge on any atom is 0.0453 e. The van der Waals surface area contributed by atoms with Crippen molar-refractivity contribution in [1.29, 1.82) is 0 Å². The van der Waals surface area contributed by atoms with E-state index >= 15 is 0 Å². The standard InChI is InChI=1S/C16H25ClN2/c1-3-10-19-11-6-7-13(12-18-2)16(19)14-8-4-5-9-15(14)17/h4-5,8-9,13,16,18H,3,6-7,10-12H2,1-2H3. The SMILES string of the molecule is CCCN1CCCC(CNC)C1c1ccccc1Cl. The second kappa shape index (κ2) is 7.28. The molecule has 0 spiro atoms. The highest BCUT2D eigenvalue weighted by Crippen LogP contribution is 2.38. The number of benzene rings is 1. The molecule has 106 valence electrons. The zero-order chi connectivity index (χ0) is 13.7. The lowest BCUT2D eigenvalue weighted by molar-refractivity contribution is 0.0925. The Morgan fingerprint density at radius 1 is 1.37 bits per heavy atom. The van der Waals surface area contributed by atoms with E-state index in [1.54, 1.807) is 0 Å². The normalized spacial score (nSPS) is 24.6. The molecule has 0 bridgehead atoms. The van der Waals surface area contributed by atoms with Gasteiger partial charge >= 0.3 is 0 Å². The number of rotatable bonds is 5. The third-order valence-corrected chi connectivity index (χ3v) is 4.41. The van der Waals surface area contributed by atoms with Gasteiger partial charge in [-0.05, 0) is 63.5 Å². The minimum atomic E-state index is 0.467. The minimum absolute atomic E-state index is 0.467. The van der Waals surface area contributed by atoms with E-state index in [-0.39, 0.29) is 0 Å². The molecule has 0 amide bonds. The lowest BCUT2D eigenvalue weighted by Crippen LogP contribution is -2.42. The second-order valence-corrected chi connectivity index (χ2v) is 5.87. The van der Waals surface area contributed by atoms with Crippen LogP contribution in [0.4, 0.5) is 0 Å². The summed E-state index contributed by atoms with van der Waals surface area (Å²) in [7, 11) is 2.04. The molecule has 3 heteroatoms. The Hall–Kier alpha value is -0.570. The predicted octanol–water partition coefficient (Wildman–Crippen LogP) is 3.72. The Labute approximate surface area is 122 Å². The Balaban J connectivity index is 2.29. The second-order valence-electron chi connectivity index (χ2n) is 5.46. The van der Waals surface area contributed by atoms with Crippen molar-refractivity contribution in [3.8, 4) is 0 Å². The van der Waals surface area contributed by atoms with Crippen molar-refractivity contribution in [3.63, 3.8) is 0 Å². The molecular weight excluding hydrogens is 256 g/mol. The van der Waals surface area contributed by atoms with Gasteiger partial charge in [-0.2, -0.15) is 0 Å². The van der Waals surface area contributed by atoms with Crippen molar-refractivity contribution >= 4 is 11.6 Å². The van der Waals surface area contributed by atoms with Crippen molar-refractivity contribution in [2.75, 3.05) is 26.7 Å². The highest BCUT2D eigenvalue weighted by molar-refractivity contribution is 6.31. The van der Waals surface area contributed by atoms with Gasteiger partial charge in [-0.3, -0.25) is 4.90 Å². The topological polar surface area (TPSA) is 15.3 Å². The van der Waals surface area contributed by atoms with Crippen LogP contribution in [0.2, 0.25) is 5.02 Å². The molecule has 2 nitrogen and oxygen atoms in total. The van der Waals surface area contributed by atoms with E-state index in [2.05, 4.69) is 29.3 Å². The molecule has 1 aromatic rings. The van der Waals surface area contributed by atoms with Gasteiger partial charge in [0, 0.05) is 11.1 Å². The minimum Gasteiger partial charge on any atom is -0.319 e. The number of nitrogens with zero attached hydrogens (tertiary/aromatic N) is 1. The highest BCUT2D eigenvalue weighted by atomic mass is 35.5. The summed E-state index contributed by atoms with van der Waals surface area (Å²) in [6.45, 7) is 5.68. The highest BCUT2D eigenvalue weighted by Gasteiger charge is 2.32. The van der Waals surface area contributed by atoms with E-state index in [1.807, 2.05) is 19.2 Å². The van der Waals surface area contributed by atoms with E-state index in [4.69, 9.17) is 11.6 Å². The Kier molecular flexibility index (Phi) is 5.68. The van der Waals surface area contributed by atoms with Crippen LogP contribution < -0.4 is 5.32 Å². The average molecular weight is 281 g/mol.